The summed E-state index contributed by atoms with van der Waals surface area (Å²) in [5, 5.41) is 3.32. The van der Waals surface area contributed by atoms with E-state index in [1.807, 2.05) is 7.05 Å². The highest BCUT2D eigenvalue weighted by Crippen LogP contribution is 2.75. The zero-order chi connectivity index (χ0) is 10.6. The minimum Gasteiger partial charge on any atom is -0.375 e. The third-order valence-corrected chi connectivity index (χ3v) is 4.80. The van der Waals surface area contributed by atoms with Gasteiger partial charge in [0, 0.05) is 5.41 Å². The highest BCUT2D eigenvalue weighted by Gasteiger charge is 2.74. The Bertz CT molecular complexity index is 238. The smallest absolute Gasteiger partial charge is 0.0616 e. The molecule has 4 unspecified atom stereocenters. The number of rotatable bonds is 2. The maximum absolute atomic E-state index is 5.92. The highest BCUT2D eigenvalue weighted by atomic mass is 16.5. The van der Waals surface area contributed by atoms with E-state index in [-0.39, 0.29) is 0 Å². The van der Waals surface area contributed by atoms with Crippen LogP contribution in [0, 0.1) is 16.7 Å². The summed E-state index contributed by atoms with van der Waals surface area (Å²) in [6.45, 7) is 10.4. The summed E-state index contributed by atoms with van der Waals surface area (Å²) < 4.78 is 5.92. The molecule has 4 atom stereocenters. The van der Waals surface area contributed by atoms with Crippen LogP contribution in [0.25, 0.3) is 0 Å². The summed E-state index contributed by atoms with van der Waals surface area (Å²) in [7, 11) is 2.05. The lowest BCUT2D eigenvalue weighted by atomic mass is 9.88. The molecule has 2 aliphatic rings. The molecule has 2 nitrogen and oxygen atoms in total. The Morgan fingerprint density at radius 2 is 2.00 bits per heavy atom. The first-order valence-electron chi connectivity index (χ1n) is 5.77. The van der Waals surface area contributed by atoms with Gasteiger partial charge in [0.1, 0.15) is 0 Å². The predicted molar refractivity (Wildman–Crippen MR) is 58.3 cm³/mol. The van der Waals surface area contributed by atoms with Gasteiger partial charge in [-0.2, -0.15) is 0 Å². The lowest BCUT2D eigenvalue weighted by Gasteiger charge is -2.17. The van der Waals surface area contributed by atoms with Crippen molar-refractivity contribution in [2.45, 2.75) is 46.3 Å². The molecule has 2 rings (SSSR count). The largest absolute Gasteiger partial charge is 0.375 e. The summed E-state index contributed by atoms with van der Waals surface area (Å²) in [6, 6.07) is 0. The molecule has 1 saturated carbocycles. The van der Waals surface area contributed by atoms with Gasteiger partial charge in [-0.1, -0.05) is 13.8 Å². The second-order valence-corrected chi connectivity index (χ2v) is 5.67. The maximum atomic E-state index is 5.92. The van der Waals surface area contributed by atoms with Gasteiger partial charge in [0.2, 0.25) is 0 Å². The molecule has 1 aliphatic heterocycles. The maximum Gasteiger partial charge on any atom is 0.0616 e. The molecule has 1 aliphatic carbocycles. The predicted octanol–water partition coefficient (Wildman–Crippen LogP) is 2.05. The van der Waals surface area contributed by atoms with Crippen molar-refractivity contribution in [2.75, 3.05) is 13.6 Å². The number of hydrogen-bond donors (Lipinski definition) is 1. The molecule has 0 bridgehead atoms. The second kappa shape index (κ2) is 2.96. The van der Waals surface area contributed by atoms with Crippen LogP contribution >= 0.6 is 0 Å². The van der Waals surface area contributed by atoms with Crippen molar-refractivity contribution in [2.24, 2.45) is 16.7 Å². The van der Waals surface area contributed by atoms with Gasteiger partial charge in [0.05, 0.1) is 12.2 Å². The lowest BCUT2D eigenvalue weighted by molar-refractivity contribution is 0.0452. The standard InChI is InChI=1S/C12H23NO/c1-8-6-12(9(2)14-8)10(7-13-5)11(12,3)4/h8-10,13H,6-7H2,1-5H3. The van der Waals surface area contributed by atoms with E-state index in [0.717, 1.165) is 12.5 Å². The Morgan fingerprint density at radius 3 is 2.43 bits per heavy atom. The van der Waals surface area contributed by atoms with Gasteiger partial charge in [0.15, 0.2) is 0 Å². The summed E-state index contributed by atoms with van der Waals surface area (Å²) in [6.07, 6.45) is 2.13. The monoisotopic (exact) mass is 197 g/mol. The Hall–Kier alpha value is -0.0800. The lowest BCUT2D eigenvalue weighted by Crippen LogP contribution is -2.21. The summed E-state index contributed by atoms with van der Waals surface area (Å²) in [4.78, 5) is 0. The van der Waals surface area contributed by atoms with Gasteiger partial charge < -0.3 is 10.1 Å². The fraction of sp³-hybridized carbons (Fsp3) is 1.00. The van der Waals surface area contributed by atoms with Gasteiger partial charge in [-0.3, -0.25) is 0 Å². The highest BCUT2D eigenvalue weighted by molar-refractivity contribution is 5.22. The number of hydrogen-bond acceptors (Lipinski definition) is 2. The second-order valence-electron chi connectivity index (χ2n) is 5.67. The van der Waals surface area contributed by atoms with Crippen LogP contribution in [0.1, 0.15) is 34.1 Å². The van der Waals surface area contributed by atoms with Crippen LogP contribution in [0.5, 0.6) is 0 Å². The van der Waals surface area contributed by atoms with E-state index in [2.05, 4.69) is 33.0 Å². The normalized spacial score (nSPS) is 49.9. The van der Waals surface area contributed by atoms with E-state index in [1.165, 1.54) is 6.42 Å². The van der Waals surface area contributed by atoms with Gasteiger partial charge in [-0.15, -0.1) is 0 Å². The van der Waals surface area contributed by atoms with Gasteiger partial charge in [-0.05, 0) is 45.2 Å². The quantitative estimate of drug-likeness (QED) is 0.731. The zero-order valence-corrected chi connectivity index (χ0v) is 10.1. The molecule has 2 fully saturated rings. The third kappa shape index (κ3) is 1.04. The van der Waals surface area contributed by atoms with E-state index >= 15 is 0 Å². The molecule has 82 valence electrons. The van der Waals surface area contributed by atoms with Crippen molar-refractivity contribution in [1.29, 1.82) is 0 Å². The van der Waals surface area contributed by atoms with E-state index in [1.54, 1.807) is 0 Å². The van der Waals surface area contributed by atoms with Gasteiger partial charge in [0.25, 0.3) is 0 Å². The van der Waals surface area contributed by atoms with Gasteiger partial charge in [-0.25, -0.2) is 0 Å². The van der Waals surface area contributed by atoms with Crippen molar-refractivity contribution in [3.63, 3.8) is 0 Å². The first kappa shape index (κ1) is 10.4. The Labute approximate surface area is 87.4 Å². The fourth-order valence-electron chi connectivity index (χ4n) is 4.02. The molecule has 14 heavy (non-hydrogen) atoms. The SMILES string of the molecule is CNCC1C(C)(C)C12CC(C)OC2C. The molecule has 0 aromatic carbocycles. The minimum atomic E-state index is 0.436. The molecule has 2 heteroatoms. The van der Waals surface area contributed by atoms with Crippen molar-refractivity contribution in [1.82, 2.24) is 5.32 Å². The van der Waals surface area contributed by atoms with Crippen LogP contribution in [0.15, 0.2) is 0 Å². The summed E-state index contributed by atoms with van der Waals surface area (Å²) >= 11 is 0. The molecular weight excluding hydrogens is 174 g/mol. The van der Waals surface area contributed by atoms with Crippen LogP contribution in [0.3, 0.4) is 0 Å². The molecule has 1 N–H and O–H groups in total. The van der Waals surface area contributed by atoms with Crippen LogP contribution in [-0.4, -0.2) is 25.8 Å². The summed E-state index contributed by atoms with van der Waals surface area (Å²) in [5.41, 5.74) is 0.912. The third-order valence-electron chi connectivity index (χ3n) is 4.80. The Morgan fingerprint density at radius 1 is 1.36 bits per heavy atom. The van der Waals surface area contributed by atoms with Crippen molar-refractivity contribution in [3.8, 4) is 0 Å². The molecule has 0 aromatic heterocycles. The average molecular weight is 197 g/mol. The van der Waals surface area contributed by atoms with Crippen LogP contribution in [0.2, 0.25) is 0 Å². The van der Waals surface area contributed by atoms with Crippen LogP contribution < -0.4 is 5.32 Å². The minimum absolute atomic E-state index is 0.436. The molecule has 1 heterocycles. The first-order chi connectivity index (χ1) is 6.46. The molecule has 1 spiro atoms. The van der Waals surface area contributed by atoms with E-state index in [4.69, 9.17) is 4.74 Å². The Balaban J connectivity index is 2.18. The average Bonchev–Trinajstić information content (AvgIpc) is 2.39. The van der Waals surface area contributed by atoms with Crippen molar-refractivity contribution < 1.29 is 4.74 Å². The number of nitrogens with one attached hydrogen (secondary N) is 1. The van der Waals surface area contributed by atoms with Crippen molar-refractivity contribution in [3.05, 3.63) is 0 Å². The molecule has 0 amide bonds. The topological polar surface area (TPSA) is 21.3 Å². The summed E-state index contributed by atoms with van der Waals surface area (Å²) in [5.74, 6) is 0.792. The van der Waals surface area contributed by atoms with Crippen LogP contribution in [0.4, 0.5) is 0 Å². The fourth-order valence-corrected chi connectivity index (χ4v) is 4.02. The molecular formula is C12H23NO. The van der Waals surface area contributed by atoms with E-state index in [0.29, 0.717) is 23.0 Å². The Kier molecular flexibility index (Phi) is 2.20. The van der Waals surface area contributed by atoms with Crippen molar-refractivity contribution >= 4 is 0 Å². The van der Waals surface area contributed by atoms with Crippen LogP contribution in [-0.2, 0) is 4.74 Å². The van der Waals surface area contributed by atoms with E-state index in [9.17, 15) is 0 Å². The molecule has 0 aromatic rings. The first-order valence-corrected chi connectivity index (χ1v) is 5.77. The number of ether oxygens (including phenoxy) is 1. The van der Waals surface area contributed by atoms with Gasteiger partial charge >= 0.3 is 0 Å². The van der Waals surface area contributed by atoms with E-state index < -0.39 is 0 Å². The zero-order valence-electron chi connectivity index (χ0n) is 10.1. The molecule has 0 radical (unpaired) electrons. The molecule has 1 saturated heterocycles.